The van der Waals surface area contributed by atoms with Crippen molar-refractivity contribution >= 4 is 28.9 Å². The highest BCUT2D eigenvalue weighted by atomic mass is 16.5. The highest BCUT2D eigenvalue weighted by Gasteiger charge is 2.54. The van der Waals surface area contributed by atoms with Crippen LogP contribution in [0.25, 0.3) is 0 Å². The monoisotopic (exact) mass is 573 g/mol. The van der Waals surface area contributed by atoms with E-state index in [0.717, 1.165) is 81.2 Å². The molecule has 5 fully saturated rings. The largest absolute Gasteiger partial charge is 0.495 e. The molecule has 0 aromatic heterocycles. The van der Waals surface area contributed by atoms with E-state index in [-0.39, 0.29) is 17.2 Å². The van der Waals surface area contributed by atoms with Gasteiger partial charge in [-0.2, -0.15) is 0 Å². The third kappa shape index (κ3) is 5.96. The molecule has 4 aliphatic carbocycles. The second-order valence-corrected chi connectivity index (χ2v) is 13.4. The number of piperazine rings is 1. The third-order valence-corrected chi connectivity index (χ3v) is 10.1. The lowest BCUT2D eigenvalue weighted by Gasteiger charge is -2.55. The molecule has 2 aromatic rings. The summed E-state index contributed by atoms with van der Waals surface area (Å²) >= 11 is 0. The van der Waals surface area contributed by atoms with Gasteiger partial charge < -0.3 is 30.1 Å². The average Bonchev–Trinajstić information content (AvgIpc) is 2.98. The van der Waals surface area contributed by atoms with Gasteiger partial charge in [0.2, 0.25) is 5.91 Å². The van der Waals surface area contributed by atoms with Crippen molar-refractivity contribution in [3.8, 4) is 5.75 Å². The number of para-hydroxylation sites is 2. The lowest BCUT2D eigenvalue weighted by molar-refractivity contribution is -0.140. The Kier molecular flexibility index (Phi) is 8.35. The SMILES string of the molecule is COc1ccccc1N1CCN(c2ccc(NC(=O)C34CC5CC(CC(C5)C3)C4)cc2C(=O)NCCCN(C)C)CC1. The molecule has 0 spiro atoms. The first kappa shape index (κ1) is 28.8. The number of hydrogen-bond donors (Lipinski definition) is 2. The van der Waals surface area contributed by atoms with E-state index < -0.39 is 0 Å². The van der Waals surface area contributed by atoms with Gasteiger partial charge in [-0.15, -0.1) is 0 Å². The fraction of sp³-hybridized carbons (Fsp3) is 0.588. The predicted octanol–water partition coefficient (Wildman–Crippen LogP) is 4.86. The van der Waals surface area contributed by atoms with E-state index in [1.807, 2.05) is 50.5 Å². The van der Waals surface area contributed by atoms with Crippen LogP contribution in [0.3, 0.4) is 0 Å². The van der Waals surface area contributed by atoms with Crippen LogP contribution in [0.1, 0.15) is 55.3 Å². The highest BCUT2D eigenvalue weighted by Crippen LogP contribution is 2.60. The molecule has 1 heterocycles. The molecule has 5 aliphatic rings. The van der Waals surface area contributed by atoms with E-state index in [2.05, 4.69) is 31.4 Å². The number of carbonyl (C=O) groups excluding carboxylic acids is 2. The molecule has 1 aliphatic heterocycles. The van der Waals surface area contributed by atoms with Crippen LogP contribution in [-0.4, -0.2) is 77.2 Å². The second-order valence-electron chi connectivity index (χ2n) is 13.4. The van der Waals surface area contributed by atoms with Crippen LogP contribution in [0.2, 0.25) is 0 Å². The number of amides is 2. The highest BCUT2D eigenvalue weighted by molar-refractivity contribution is 6.03. The number of rotatable bonds is 10. The van der Waals surface area contributed by atoms with Gasteiger partial charge in [-0.05, 0) is 114 Å². The molecule has 7 rings (SSSR count). The summed E-state index contributed by atoms with van der Waals surface area (Å²) in [5.74, 6) is 3.09. The number of nitrogens with zero attached hydrogens (tertiary/aromatic N) is 3. The lowest BCUT2D eigenvalue weighted by atomic mass is 9.49. The fourth-order valence-electron chi connectivity index (χ4n) is 8.50. The standard InChI is InChI=1S/C34H47N5O3/c1-37(2)12-6-11-35-32(40)28-20-27(36-33(41)34-21-24-17-25(22-34)19-26(18-24)23-34)9-10-29(28)38-13-15-39(16-14-38)30-7-4-5-8-31(30)42-3/h4-5,7-10,20,24-26H,6,11-19,21-23H2,1-3H3,(H,35,40)(H,36,41). The minimum absolute atomic E-state index is 0.0817. The number of anilines is 3. The molecule has 4 bridgehead atoms. The first-order chi connectivity index (χ1) is 20.3. The van der Waals surface area contributed by atoms with E-state index in [0.29, 0.717) is 29.9 Å². The minimum atomic E-state index is -0.225. The summed E-state index contributed by atoms with van der Waals surface area (Å²) in [6, 6.07) is 14.1. The van der Waals surface area contributed by atoms with Gasteiger partial charge in [0.15, 0.2) is 0 Å². The van der Waals surface area contributed by atoms with Crippen molar-refractivity contribution in [2.75, 3.05) is 75.6 Å². The first-order valence-electron chi connectivity index (χ1n) is 15.8. The Morgan fingerprint density at radius 2 is 1.52 bits per heavy atom. The van der Waals surface area contributed by atoms with E-state index in [1.54, 1.807) is 7.11 Å². The van der Waals surface area contributed by atoms with Crippen LogP contribution >= 0.6 is 0 Å². The number of methoxy groups -OCH3 is 1. The topological polar surface area (TPSA) is 77.1 Å². The molecule has 0 radical (unpaired) electrons. The Hall–Kier alpha value is -3.26. The number of hydrogen-bond acceptors (Lipinski definition) is 6. The maximum atomic E-state index is 13.8. The molecular weight excluding hydrogens is 526 g/mol. The van der Waals surface area contributed by atoms with E-state index >= 15 is 0 Å². The van der Waals surface area contributed by atoms with Crippen LogP contribution in [0.15, 0.2) is 42.5 Å². The molecule has 8 nitrogen and oxygen atoms in total. The average molecular weight is 574 g/mol. The Morgan fingerprint density at radius 1 is 0.905 bits per heavy atom. The van der Waals surface area contributed by atoms with Gasteiger partial charge in [-0.3, -0.25) is 9.59 Å². The fourth-order valence-corrected chi connectivity index (χ4v) is 8.50. The molecule has 8 heteroatoms. The van der Waals surface area contributed by atoms with Crippen molar-refractivity contribution < 1.29 is 14.3 Å². The van der Waals surface area contributed by atoms with Crippen LogP contribution < -0.4 is 25.2 Å². The van der Waals surface area contributed by atoms with Crippen LogP contribution in [0.4, 0.5) is 17.1 Å². The van der Waals surface area contributed by atoms with Crippen LogP contribution in [0.5, 0.6) is 5.75 Å². The molecule has 42 heavy (non-hydrogen) atoms. The smallest absolute Gasteiger partial charge is 0.253 e. The van der Waals surface area contributed by atoms with Crippen molar-refractivity contribution in [2.24, 2.45) is 23.2 Å². The van der Waals surface area contributed by atoms with Crippen LogP contribution in [-0.2, 0) is 4.79 Å². The zero-order valence-electron chi connectivity index (χ0n) is 25.5. The normalized spacial score (nSPS) is 26.4. The Balaban J connectivity index is 1.19. The van der Waals surface area contributed by atoms with E-state index in [4.69, 9.17) is 4.74 Å². The van der Waals surface area contributed by atoms with Crippen LogP contribution in [0, 0.1) is 23.2 Å². The summed E-state index contributed by atoms with van der Waals surface area (Å²) in [7, 11) is 5.79. The minimum Gasteiger partial charge on any atom is -0.495 e. The van der Waals surface area contributed by atoms with Gasteiger partial charge >= 0.3 is 0 Å². The molecular formula is C34H47N5O3. The Bertz CT molecular complexity index is 1250. The van der Waals surface area contributed by atoms with E-state index in [1.165, 1.54) is 19.3 Å². The van der Waals surface area contributed by atoms with Gasteiger partial charge in [0.05, 0.1) is 23.8 Å². The maximum Gasteiger partial charge on any atom is 0.253 e. The first-order valence-corrected chi connectivity index (χ1v) is 15.8. The summed E-state index contributed by atoms with van der Waals surface area (Å²) < 4.78 is 5.60. The summed E-state index contributed by atoms with van der Waals surface area (Å²) in [5.41, 5.74) is 3.16. The molecule has 226 valence electrons. The maximum absolute atomic E-state index is 13.8. The van der Waals surface area contributed by atoms with Crippen molar-refractivity contribution in [2.45, 2.75) is 44.9 Å². The molecule has 0 unspecified atom stereocenters. The third-order valence-electron chi connectivity index (χ3n) is 10.1. The molecule has 2 amide bonds. The summed E-state index contributed by atoms with van der Waals surface area (Å²) in [4.78, 5) is 34.1. The van der Waals surface area contributed by atoms with Crippen molar-refractivity contribution in [1.82, 2.24) is 10.2 Å². The summed E-state index contributed by atoms with van der Waals surface area (Å²) in [6.45, 7) is 4.76. The molecule has 1 saturated heterocycles. The molecule has 4 saturated carbocycles. The number of carbonyl (C=O) groups is 2. The molecule has 0 atom stereocenters. The predicted molar refractivity (Wildman–Crippen MR) is 169 cm³/mol. The Morgan fingerprint density at radius 3 is 2.14 bits per heavy atom. The van der Waals surface area contributed by atoms with Crippen molar-refractivity contribution in [3.63, 3.8) is 0 Å². The molecule has 2 aromatic carbocycles. The second kappa shape index (κ2) is 12.2. The summed E-state index contributed by atoms with van der Waals surface area (Å²) in [5, 5.41) is 6.42. The van der Waals surface area contributed by atoms with Crippen molar-refractivity contribution in [1.29, 1.82) is 0 Å². The van der Waals surface area contributed by atoms with E-state index in [9.17, 15) is 9.59 Å². The van der Waals surface area contributed by atoms with Gasteiger partial charge in [-0.25, -0.2) is 0 Å². The Labute approximate surface area is 250 Å². The number of ether oxygens (including phenoxy) is 1. The van der Waals surface area contributed by atoms with Gasteiger partial charge in [0, 0.05) is 44.1 Å². The van der Waals surface area contributed by atoms with Gasteiger partial charge in [-0.1, -0.05) is 12.1 Å². The van der Waals surface area contributed by atoms with Gasteiger partial charge in [0.25, 0.3) is 5.91 Å². The van der Waals surface area contributed by atoms with Crippen molar-refractivity contribution in [3.05, 3.63) is 48.0 Å². The number of nitrogens with one attached hydrogen (secondary N) is 2. The van der Waals surface area contributed by atoms with Gasteiger partial charge in [0.1, 0.15) is 5.75 Å². The number of benzene rings is 2. The quantitative estimate of drug-likeness (QED) is 0.396. The lowest BCUT2D eigenvalue weighted by Crippen LogP contribution is -2.51. The summed E-state index contributed by atoms with van der Waals surface area (Å²) in [6.07, 6.45) is 7.89. The zero-order chi connectivity index (χ0) is 29.3. The molecule has 2 N–H and O–H groups in total. The zero-order valence-corrected chi connectivity index (χ0v) is 25.5.